The highest BCUT2D eigenvalue weighted by molar-refractivity contribution is 7.89. The lowest BCUT2D eigenvalue weighted by Gasteiger charge is -2.09. The van der Waals surface area contributed by atoms with Gasteiger partial charge in [0.25, 0.3) is 0 Å². The van der Waals surface area contributed by atoms with Crippen LogP contribution < -0.4 is 0 Å². The number of benzene rings is 1. The Morgan fingerprint density at radius 1 is 1.25 bits per heavy atom. The van der Waals surface area contributed by atoms with Crippen LogP contribution in [0.25, 0.3) is 0 Å². The summed E-state index contributed by atoms with van der Waals surface area (Å²) in [6, 6.07) is 1.70. The van der Waals surface area contributed by atoms with E-state index >= 15 is 0 Å². The average Bonchev–Trinajstić information content (AvgIpc) is 2.04. The summed E-state index contributed by atoms with van der Waals surface area (Å²) in [4.78, 5) is 0. The van der Waals surface area contributed by atoms with Gasteiger partial charge in [-0.3, -0.25) is 0 Å². The highest BCUT2D eigenvalue weighted by Gasteiger charge is 2.31. The molecule has 0 unspecified atom stereocenters. The van der Waals surface area contributed by atoms with Gasteiger partial charge in [-0.2, -0.15) is 13.2 Å². The first kappa shape index (κ1) is 13.0. The Bertz CT molecular complexity index is 491. The largest absolute Gasteiger partial charge is 0.416 e. The Hall–Kier alpha value is -1.11. The van der Waals surface area contributed by atoms with E-state index in [1.54, 1.807) is 0 Å². The molecule has 0 spiro atoms. The van der Waals surface area contributed by atoms with Crippen LogP contribution in [0, 0.1) is 5.82 Å². The van der Waals surface area contributed by atoms with E-state index < -0.39 is 38.7 Å². The van der Waals surface area contributed by atoms with Crippen molar-refractivity contribution in [3.8, 4) is 0 Å². The number of sulfone groups is 1. The highest BCUT2D eigenvalue weighted by atomic mass is 32.2. The third-order valence-corrected chi connectivity index (χ3v) is 2.63. The van der Waals surface area contributed by atoms with Crippen molar-refractivity contribution in [2.24, 2.45) is 0 Å². The molecule has 0 N–H and O–H groups in total. The van der Waals surface area contributed by atoms with Gasteiger partial charge in [-0.15, -0.1) is 0 Å². The summed E-state index contributed by atoms with van der Waals surface area (Å²) in [6.45, 7) is 0. The van der Waals surface area contributed by atoms with Crippen molar-refractivity contribution < 1.29 is 26.0 Å². The van der Waals surface area contributed by atoms with Gasteiger partial charge in [-0.25, -0.2) is 12.8 Å². The van der Waals surface area contributed by atoms with Crippen LogP contribution in [-0.2, 0) is 21.8 Å². The predicted molar refractivity (Wildman–Crippen MR) is 49.9 cm³/mol. The van der Waals surface area contributed by atoms with Crippen molar-refractivity contribution in [1.82, 2.24) is 0 Å². The standard InChI is InChI=1S/C9H8F4O2S/c1-16(14,15)5-6-4-7(9(11,12)13)2-3-8(6)10/h2-4H,5H2,1H3. The molecule has 0 saturated heterocycles. The first-order valence-corrected chi connectivity index (χ1v) is 6.19. The second-order valence-electron chi connectivity index (χ2n) is 3.37. The van der Waals surface area contributed by atoms with Crippen molar-refractivity contribution in [2.75, 3.05) is 6.26 Å². The molecule has 0 aliphatic rings. The Balaban J connectivity index is 3.20. The molecule has 0 heterocycles. The molecule has 0 atom stereocenters. The summed E-state index contributed by atoms with van der Waals surface area (Å²) < 4.78 is 71.6. The summed E-state index contributed by atoms with van der Waals surface area (Å²) in [6.07, 6.45) is -3.79. The summed E-state index contributed by atoms with van der Waals surface area (Å²) in [5, 5.41) is 0. The second kappa shape index (κ2) is 4.04. The Morgan fingerprint density at radius 3 is 2.25 bits per heavy atom. The van der Waals surface area contributed by atoms with E-state index in [2.05, 4.69) is 0 Å². The van der Waals surface area contributed by atoms with Crippen LogP contribution in [0.2, 0.25) is 0 Å². The molecule has 0 radical (unpaired) electrons. The number of rotatable bonds is 2. The second-order valence-corrected chi connectivity index (χ2v) is 5.51. The third kappa shape index (κ3) is 3.48. The number of alkyl halides is 3. The van der Waals surface area contributed by atoms with Crippen LogP contribution in [0.5, 0.6) is 0 Å². The van der Waals surface area contributed by atoms with Crippen molar-refractivity contribution in [3.05, 3.63) is 35.1 Å². The zero-order valence-electron chi connectivity index (χ0n) is 8.18. The molecule has 0 bridgehead atoms. The lowest BCUT2D eigenvalue weighted by Crippen LogP contribution is -2.09. The fourth-order valence-corrected chi connectivity index (χ4v) is 1.93. The zero-order valence-corrected chi connectivity index (χ0v) is 8.99. The van der Waals surface area contributed by atoms with Crippen molar-refractivity contribution in [2.45, 2.75) is 11.9 Å². The molecule has 2 nitrogen and oxygen atoms in total. The first-order chi connectivity index (χ1) is 7.09. The molecule has 0 saturated carbocycles. The maximum atomic E-state index is 13.1. The van der Waals surface area contributed by atoms with Crippen LogP contribution in [0.4, 0.5) is 17.6 Å². The summed E-state index contributed by atoms with van der Waals surface area (Å²) in [5.74, 6) is -1.71. The van der Waals surface area contributed by atoms with E-state index in [1.165, 1.54) is 0 Å². The Kier molecular flexibility index (Phi) is 3.27. The zero-order chi connectivity index (χ0) is 12.6. The normalized spacial score (nSPS) is 12.8. The molecule has 0 aliphatic heterocycles. The molecule has 0 fully saturated rings. The van der Waals surface area contributed by atoms with Gasteiger partial charge in [0, 0.05) is 11.8 Å². The highest BCUT2D eigenvalue weighted by Crippen LogP contribution is 2.30. The van der Waals surface area contributed by atoms with Crippen LogP contribution in [0.3, 0.4) is 0 Å². The van der Waals surface area contributed by atoms with E-state index in [-0.39, 0.29) is 0 Å². The van der Waals surface area contributed by atoms with Crippen LogP contribution in [0.15, 0.2) is 18.2 Å². The first-order valence-electron chi connectivity index (χ1n) is 4.13. The lowest BCUT2D eigenvalue weighted by atomic mass is 10.1. The topological polar surface area (TPSA) is 34.1 Å². The molecule has 1 aromatic carbocycles. The van der Waals surface area contributed by atoms with Crippen LogP contribution in [-0.4, -0.2) is 14.7 Å². The van der Waals surface area contributed by atoms with E-state index in [0.717, 1.165) is 6.26 Å². The number of hydrogen-bond acceptors (Lipinski definition) is 2. The molecular formula is C9H8F4O2S. The van der Waals surface area contributed by atoms with Crippen LogP contribution >= 0.6 is 0 Å². The molecular weight excluding hydrogens is 248 g/mol. The Labute approximate surface area is 89.8 Å². The van der Waals surface area contributed by atoms with Crippen LogP contribution in [0.1, 0.15) is 11.1 Å². The third-order valence-electron chi connectivity index (χ3n) is 1.79. The van der Waals surface area contributed by atoms with Gasteiger partial charge in [-0.05, 0) is 18.2 Å². The minimum Gasteiger partial charge on any atom is -0.229 e. The maximum absolute atomic E-state index is 13.1. The quantitative estimate of drug-likeness (QED) is 0.761. The Morgan fingerprint density at radius 2 is 1.81 bits per heavy atom. The average molecular weight is 256 g/mol. The van der Waals surface area contributed by atoms with E-state index in [1.807, 2.05) is 0 Å². The smallest absolute Gasteiger partial charge is 0.229 e. The molecule has 16 heavy (non-hydrogen) atoms. The monoisotopic (exact) mass is 256 g/mol. The molecule has 90 valence electrons. The molecule has 0 aliphatic carbocycles. The minimum absolute atomic E-state index is 0.475. The van der Waals surface area contributed by atoms with E-state index in [9.17, 15) is 26.0 Å². The maximum Gasteiger partial charge on any atom is 0.416 e. The molecule has 1 rings (SSSR count). The van der Waals surface area contributed by atoms with Gasteiger partial charge in [0.15, 0.2) is 9.84 Å². The van der Waals surface area contributed by atoms with Gasteiger partial charge in [0.2, 0.25) is 0 Å². The van der Waals surface area contributed by atoms with Gasteiger partial charge >= 0.3 is 6.18 Å². The molecule has 0 amide bonds. The summed E-state index contributed by atoms with van der Waals surface area (Å²) >= 11 is 0. The summed E-state index contributed by atoms with van der Waals surface area (Å²) in [5.41, 5.74) is -1.54. The minimum atomic E-state index is -4.61. The van der Waals surface area contributed by atoms with Crippen molar-refractivity contribution in [3.63, 3.8) is 0 Å². The van der Waals surface area contributed by atoms with Crippen molar-refractivity contribution in [1.29, 1.82) is 0 Å². The number of halogens is 4. The van der Waals surface area contributed by atoms with Crippen molar-refractivity contribution >= 4 is 9.84 Å². The van der Waals surface area contributed by atoms with E-state index in [0.29, 0.717) is 18.2 Å². The SMILES string of the molecule is CS(=O)(=O)Cc1cc(C(F)(F)F)ccc1F. The number of hydrogen-bond donors (Lipinski definition) is 0. The van der Waals surface area contributed by atoms with Gasteiger partial charge in [-0.1, -0.05) is 0 Å². The lowest BCUT2D eigenvalue weighted by molar-refractivity contribution is -0.137. The molecule has 0 aromatic heterocycles. The fourth-order valence-electron chi connectivity index (χ4n) is 1.14. The predicted octanol–water partition coefficient (Wildman–Crippen LogP) is 2.39. The summed E-state index contributed by atoms with van der Waals surface area (Å²) in [7, 11) is -3.57. The molecule has 1 aromatic rings. The van der Waals surface area contributed by atoms with Gasteiger partial charge in [0.1, 0.15) is 5.82 Å². The van der Waals surface area contributed by atoms with Gasteiger partial charge < -0.3 is 0 Å². The van der Waals surface area contributed by atoms with E-state index in [4.69, 9.17) is 0 Å². The fraction of sp³-hybridized carbons (Fsp3) is 0.333. The molecule has 7 heteroatoms. The van der Waals surface area contributed by atoms with Gasteiger partial charge in [0.05, 0.1) is 11.3 Å².